The maximum atomic E-state index is 13.7. The first-order chi connectivity index (χ1) is 13.7. The zero-order chi connectivity index (χ0) is 19.8. The van der Waals surface area contributed by atoms with E-state index in [9.17, 15) is 4.39 Å². The summed E-state index contributed by atoms with van der Waals surface area (Å²) in [4.78, 5) is 0. The quantitative estimate of drug-likeness (QED) is 0.367. The molecular weight excluding hydrogens is 381 g/mol. The van der Waals surface area contributed by atoms with E-state index in [4.69, 9.17) is 10.00 Å². The van der Waals surface area contributed by atoms with Crippen LogP contribution in [0, 0.1) is 23.1 Å². The van der Waals surface area contributed by atoms with Gasteiger partial charge in [0.05, 0.1) is 12.2 Å². The summed E-state index contributed by atoms with van der Waals surface area (Å²) in [5, 5.41) is 8.81. The van der Waals surface area contributed by atoms with Gasteiger partial charge >= 0.3 is 0 Å². The van der Waals surface area contributed by atoms with Crippen molar-refractivity contribution >= 4 is 17.6 Å². The van der Waals surface area contributed by atoms with E-state index in [0.29, 0.717) is 18.3 Å². The molecule has 0 amide bonds. The van der Waals surface area contributed by atoms with E-state index in [1.54, 1.807) is 37.0 Å². The Balaban J connectivity index is 1.35. The van der Waals surface area contributed by atoms with E-state index in [1.807, 2.05) is 6.07 Å². The first kappa shape index (κ1) is 21.6. The van der Waals surface area contributed by atoms with Crippen LogP contribution in [-0.2, 0) is 0 Å². The average molecular weight is 418 g/mol. The number of halogens is 1. The SMILES string of the molecule is CCCCC[SiH]1CCC([SiH]2CCC(COc3ccc(C#N)c(F)c3)CC2)CC1. The van der Waals surface area contributed by atoms with Crippen molar-refractivity contribution < 1.29 is 9.13 Å². The Morgan fingerprint density at radius 2 is 1.86 bits per heavy atom. The number of unbranched alkanes of at least 4 members (excludes halogenated alkanes) is 2. The van der Waals surface area contributed by atoms with E-state index in [2.05, 4.69) is 6.92 Å². The maximum Gasteiger partial charge on any atom is 0.144 e. The highest BCUT2D eigenvalue weighted by Gasteiger charge is 2.32. The van der Waals surface area contributed by atoms with Crippen LogP contribution in [-0.4, -0.2) is 24.2 Å². The number of nitriles is 1. The summed E-state index contributed by atoms with van der Waals surface area (Å²) in [7, 11) is -0.922. The van der Waals surface area contributed by atoms with Gasteiger partial charge in [0.25, 0.3) is 0 Å². The summed E-state index contributed by atoms with van der Waals surface area (Å²) in [5.74, 6) is 0.703. The lowest BCUT2D eigenvalue weighted by Gasteiger charge is -2.36. The van der Waals surface area contributed by atoms with Gasteiger partial charge in [-0.15, -0.1) is 0 Å². The third-order valence-corrected chi connectivity index (χ3v) is 14.9. The Labute approximate surface area is 173 Å². The molecule has 2 heterocycles. The predicted octanol–water partition coefficient (Wildman–Crippen LogP) is 6.29. The molecule has 1 aromatic rings. The molecule has 2 aliphatic rings. The second-order valence-electron chi connectivity index (χ2n) is 9.12. The van der Waals surface area contributed by atoms with Gasteiger partial charge in [0.1, 0.15) is 17.6 Å². The van der Waals surface area contributed by atoms with Gasteiger partial charge in [-0.1, -0.05) is 69.2 Å². The number of ether oxygens (including phenoxy) is 1. The van der Waals surface area contributed by atoms with Crippen LogP contribution in [0.1, 0.15) is 57.4 Å². The zero-order valence-electron chi connectivity index (χ0n) is 17.5. The van der Waals surface area contributed by atoms with Gasteiger partial charge in [-0.25, -0.2) is 4.39 Å². The Morgan fingerprint density at radius 3 is 2.50 bits per heavy atom. The summed E-state index contributed by atoms with van der Waals surface area (Å²) < 4.78 is 19.5. The third-order valence-electron chi connectivity index (χ3n) is 7.21. The number of nitrogens with zero attached hydrogens (tertiary/aromatic N) is 1. The Kier molecular flexibility index (Phi) is 8.60. The van der Waals surface area contributed by atoms with Crippen molar-refractivity contribution in [2.45, 2.75) is 87.6 Å². The highest BCUT2D eigenvalue weighted by molar-refractivity contribution is 6.63. The molecule has 0 aromatic heterocycles. The lowest BCUT2D eigenvalue weighted by atomic mass is 10.0. The molecule has 1 aromatic carbocycles. The van der Waals surface area contributed by atoms with Crippen LogP contribution in [0.3, 0.4) is 0 Å². The van der Waals surface area contributed by atoms with Crippen molar-refractivity contribution in [1.29, 1.82) is 5.26 Å². The molecule has 0 bridgehead atoms. The fourth-order valence-electron chi connectivity index (χ4n) is 5.35. The van der Waals surface area contributed by atoms with Gasteiger partial charge in [-0.2, -0.15) is 5.26 Å². The standard InChI is InChI=1S/C23H36FNOSi2/c1-2-3-4-11-27-12-9-22(10-13-27)28-14-7-19(8-15-28)18-26-21-6-5-20(17-25)23(24)16-21/h5-6,16,19,22,27-28H,2-4,7-15,18H2,1H3. The Morgan fingerprint density at radius 1 is 1.11 bits per heavy atom. The van der Waals surface area contributed by atoms with Gasteiger partial charge < -0.3 is 4.74 Å². The summed E-state index contributed by atoms with van der Waals surface area (Å²) in [6.07, 6.45) is 10.1. The lowest BCUT2D eigenvalue weighted by molar-refractivity contribution is 0.235. The number of hydrogen-bond acceptors (Lipinski definition) is 2. The molecule has 2 nitrogen and oxygen atoms in total. The minimum absolute atomic E-state index is 0.0852. The topological polar surface area (TPSA) is 33.0 Å². The first-order valence-electron chi connectivity index (χ1n) is 11.5. The molecule has 28 heavy (non-hydrogen) atoms. The van der Waals surface area contributed by atoms with Crippen LogP contribution in [0.4, 0.5) is 4.39 Å². The largest absolute Gasteiger partial charge is 0.493 e. The minimum atomic E-state index is -0.554. The Hall–Kier alpha value is -1.13. The molecule has 3 rings (SSSR count). The molecule has 0 saturated carbocycles. The van der Waals surface area contributed by atoms with Crippen molar-refractivity contribution in [1.82, 2.24) is 0 Å². The predicted molar refractivity (Wildman–Crippen MR) is 120 cm³/mol. The van der Waals surface area contributed by atoms with E-state index in [1.165, 1.54) is 56.3 Å². The van der Waals surface area contributed by atoms with E-state index >= 15 is 0 Å². The average Bonchev–Trinajstić information content (AvgIpc) is 2.73. The van der Waals surface area contributed by atoms with Crippen molar-refractivity contribution in [3.63, 3.8) is 0 Å². The van der Waals surface area contributed by atoms with E-state index < -0.39 is 14.6 Å². The molecule has 5 heteroatoms. The number of rotatable bonds is 8. The molecule has 0 aliphatic carbocycles. The molecule has 0 unspecified atom stereocenters. The van der Waals surface area contributed by atoms with Crippen molar-refractivity contribution in [2.75, 3.05) is 6.61 Å². The van der Waals surface area contributed by atoms with Gasteiger partial charge in [-0.05, 0) is 36.4 Å². The van der Waals surface area contributed by atoms with Crippen molar-refractivity contribution in [3.05, 3.63) is 29.6 Å². The molecule has 0 atom stereocenters. The molecule has 2 fully saturated rings. The normalized spacial score (nSPS) is 27.9. The minimum Gasteiger partial charge on any atom is -0.493 e. The lowest BCUT2D eigenvalue weighted by Crippen LogP contribution is -2.32. The van der Waals surface area contributed by atoms with Crippen molar-refractivity contribution in [2.24, 2.45) is 5.92 Å². The van der Waals surface area contributed by atoms with Gasteiger partial charge in [-0.3, -0.25) is 0 Å². The molecule has 0 spiro atoms. The summed E-state index contributed by atoms with van der Waals surface area (Å²) in [6, 6.07) is 14.3. The fourth-order valence-corrected chi connectivity index (χ4v) is 14.0. The summed E-state index contributed by atoms with van der Waals surface area (Å²) in [5.41, 5.74) is 1.21. The van der Waals surface area contributed by atoms with Crippen LogP contribution < -0.4 is 4.74 Å². The number of benzene rings is 1. The summed E-state index contributed by atoms with van der Waals surface area (Å²) in [6.45, 7) is 3.01. The van der Waals surface area contributed by atoms with Crippen LogP contribution in [0.25, 0.3) is 0 Å². The highest BCUT2D eigenvalue weighted by Crippen LogP contribution is 2.40. The fraction of sp³-hybridized carbons (Fsp3) is 0.696. The third kappa shape index (κ3) is 6.19. The molecule has 0 radical (unpaired) electrons. The van der Waals surface area contributed by atoms with Gasteiger partial charge in [0.2, 0.25) is 0 Å². The van der Waals surface area contributed by atoms with E-state index in [-0.39, 0.29) is 14.4 Å². The molecular formula is C23H36FNOSi2. The zero-order valence-corrected chi connectivity index (χ0v) is 19.8. The van der Waals surface area contributed by atoms with Crippen LogP contribution in [0.2, 0.25) is 35.8 Å². The second-order valence-corrected chi connectivity index (χ2v) is 16.2. The van der Waals surface area contributed by atoms with Gasteiger partial charge in [0.15, 0.2) is 0 Å². The molecule has 0 N–H and O–H groups in total. The van der Waals surface area contributed by atoms with Crippen molar-refractivity contribution in [3.8, 4) is 11.8 Å². The molecule has 154 valence electrons. The Bertz CT molecular complexity index is 646. The summed E-state index contributed by atoms with van der Waals surface area (Å²) >= 11 is 0. The molecule has 2 aliphatic heterocycles. The second kappa shape index (κ2) is 11.2. The van der Waals surface area contributed by atoms with Gasteiger partial charge in [0, 0.05) is 23.7 Å². The van der Waals surface area contributed by atoms with E-state index in [0.717, 1.165) is 5.54 Å². The monoisotopic (exact) mass is 417 g/mol. The van der Waals surface area contributed by atoms with Crippen LogP contribution in [0.5, 0.6) is 5.75 Å². The van der Waals surface area contributed by atoms with Crippen LogP contribution in [0.15, 0.2) is 18.2 Å². The number of hydrogen-bond donors (Lipinski definition) is 0. The maximum absolute atomic E-state index is 13.7. The highest BCUT2D eigenvalue weighted by atomic mass is 28.3. The van der Waals surface area contributed by atoms with Crippen LogP contribution >= 0.6 is 0 Å². The molecule has 2 saturated heterocycles. The first-order valence-corrected chi connectivity index (χ1v) is 16.3. The smallest absolute Gasteiger partial charge is 0.144 e.